The summed E-state index contributed by atoms with van der Waals surface area (Å²) in [5.41, 5.74) is 0.538. The van der Waals surface area contributed by atoms with Crippen LogP contribution in [0.5, 0.6) is 0 Å². The summed E-state index contributed by atoms with van der Waals surface area (Å²) < 4.78 is 5.15. The maximum atomic E-state index is 11.8. The van der Waals surface area contributed by atoms with Gasteiger partial charge in [-0.3, -0.25) is 14.5 Å². The third-order valence-electron chi connectivity index (χ3n) is 4.65. The van der Waals surface area contributed by atoms with Crippen LogP contribution in [0.15, 0.2) is 30.3 Å². The number of hydrogen-bond acceptors (Lipinski definition) is 4. The molecule has 6 nitrogen and oxygen atoms in total. The quantitative estimate of drug-likeness (QED) is 0.843. The topological polar surface area (TPSA) is 75.7 Å². The first-order chi connectivity index (χ1) is 11.1. The van der Waals surface area contributed by atoms with Crippen molar-refractivity contribution >= 4 is 17.9 Å². The van der Waals surface area contributed by atoms with Gasteiger partial charge in [-0.15, -0.1) is 0 Å². The largest absolute Gasteiger partial charge is 0.445 e. The van der Waals surface area contributed by atoms with Crippen molar-refractivity contribution in [2.75, 3.05) is 6.54 Å². The molecule has 122 valence electrons. The van der Waals surface area contributed by atoms with Crippen molar-refractivity contribution in [2.24, 2.45) is 0 Å². The van der Waals surface area contributed by atoms with E-state index in [0.29, 0.717) is 38.6 Å². The second-order valence-corrected chi connectivity index (χ2v) is 6.09. The molecule has 0 aromatic heterocycles. The molecule has 23 heavy (non-hydrogen) atoms. The lowest BCUT2D eigenvalue weighted by molar-refractivity contribution is -0.142. The summed E-state index contributed by atoms with van der Waals surface area (Å²) in [7, 11) is 0. The van der Waals surface area contributed by atoms with Crippen molar-refractivity contribution < 1.29 is 19.1 Å². The number of nitrogens with zero attached hydrogens (tertiary/aromatic N) is 1. The zero-order valence-corrected chi connectivity index (χ0v) is 12.9. The number of carbonyl (C=O) groups excluding carboxylic acids is 3. The van der Waals surface area contributed by atoms with Crippen LogP contribution < -0.4 is 5.32 Å². The maximum absolute atomic E-state index is 11.8. The van der Waals surface area contributed by atoms with E-state index < -0.39 is 6.09 Å². The Hall–Kier alpha value is -2.37. The van der Waals surface area contributed by atoms with Crippen LogP contribution in [0.2, 0.25) is 0 Å². The van der Waals surface area contributed by atoms with Gasteiger partial charge in [0.2, 0.25) is 11.8 Å². The van der Waals surface area contributed by atoms with Gasteiger partial charge < -0.3 is 10.1 Å². The molecule has 1 N–H and O–H groups in total. The molecule has 1 aromatic rings. The van der Waals surface area contributed by atoms with E-state index in [1.807, 2.05) is 30.3 Å². The second-order valence-electron chi connectivity index (χ2n) is 6.09. The van der Waals surface area contributed by atoms with Crippen LogP contribution in [-0.4, -0.2) is 34.9 Å². The highest BCUT2D eigenvalue weighted by Crippen LogP contribution is 2.42. The number of hydrogen-bond donors (Lipinski definition) is 1. The average Bonchev–Trinajstić information content (AvgIpc) is 3.06. The van der Waals surface area contributed by atoms with Gasteiger partial charge in [-0.2, -0.15) is 0 Å². The Labute approximate surface area is 134 Å². The lowest BCUT2D eigenvalue weighted by Gasteiger charge is -2.30. The number of ether oxygens (including phenoxy) is 1. The molecule has 2 fully saturated rings. The summed E-state index contributed by atoms with van der Waals surface area (Å²) in [5.74, 6) is -0.168. The van der Waals surface area contributed by atoms with Gasteiger partial charge in [0, 0.05) is 19.4 Å². The first-order valence-corrected chi connectivity index (χ1v) is 7.91. The lowest BCUT2D eigenvalue weighted by Crippen LogP contribution is -2.44. The molecule has 3 amide bonds. The molecule has 0 aliphatic carbocycles. The lowest BCUT2D eigenvalue weighted by atomic mass is 9.90. The Kier molecular flexibility index (Phi) is 4.32. The van der Waals surface area contributed by atoms with Gasteiger partial charge in [-0.1, -0.05) is 30.3 Å². The van der Waals surface area contributed by atoms with Crippen LogP contribution >= 0.6 is 0 Å². The molecule has 2 saturated heterocycles. The predicted octanol–water partition coefficient (Wildman–Crippen LogP) is 1.98. The smallest absolute Gasteiger partial charge is 0.407 e. The number of fused-ring (bicyclic) bond motifs is 1. The normalized spacial score (nSPS) is 18.9. The predicted molar refractivity (Wildman–Crippen MR) is 82.3 cm³/mol. The molecule has 0 radical (unpaired) electrons. The van der Waals surface area contributed by atoms with E-state index in [2.05, 4.69) is 5.32 Å². The van der Waals surface area contributed by atoms with Crippen molar-refractivity contribution in [2.45, 2.75) is 44.2 Å². The summed E-state index contributed by atoms with van der Waals surface area (Å²) in [6, 6.07) is 9.45. The molecule has 0 unspecified atom stereocenters. The summed E-state index contributed by atoms with van der Waals surface area (Å²) in [6.07, 6.45) is 2.33. The van der Waals surface area contributed by atoms with Crippen LogP contribution in [-0.2, 0) is 20.9 Å². The number of imide groups is 1. The van der Waals surface area contributed by atoms with E-state index >= 15 is 0 Å². The second kappa shape index (κ2) is 6.40. The van der Waals surface area contributed by atoms with Gasteiger partial charge in [-0.25, -0.2) is 4.79 Å². The zero-order chi connectivity index (χ0) is 16.3. The van der Waals surface area contributed by atoms with E-state index in [0.717, 1.165) is 5.56 Å². The fraction of sp³-hybridized carbons (Fsp3) is 0.471. The third-order valence-corrected chi connectivity index (χ3v) is 4.65. The van der Waals surface area contributed by atoms with Gasteiger partial charge in [0.1, 0.15) is 6.61 Å². The highest BCUT2D eigenvalue weighted by Gasteiger charge is 2.52. The van der Waals surface area contributed by atoms with Crippen molar-refractivity contribution in [3.8, 4) is 0 Å². The highest BCUT2D eigenvalue weighted by atomic mass is 16.5. The molecule has 3 rings (SSSR count). The molecule has 0 bridgehead atoms. The van der Waals surface area contributed by atoms with Gasteiger partial charge in [0.25, 0.3) is 0 Å². The minimum absolute atomic E-state index is 0.0841. The van der Waals surface area contributed by atoms with Crippen molar-refractivity contribution in [3.63, 3.8) is 0 Å². The van der Waals surface area contributed by atoms with Crippen LogP contribution in [0, 0.1) is 0 Å². The molecule has 2 heterocycles. The Bertz CT molecular complexity index is 594. The Balaban J connectivity index is 1.45. The Morgan fingerprint density at radius 2 is 1.78 bits per heavy atom. The van der Waals surface area contributed by atoms with E-state index in [1.54, 1.807) is 0 Å². The standard InChI is InChI=1S/C17H20N2O4/c20-14-6-8-17(9-7-15(21)19(14)17)10-11-18-16(22)23-12-13-4-2-1-3-5-13/h1-5H,6-12H2,(H,18,22). The first-order valence-electron chi connectivity index (χ1n) is 7.91. The molecule has 1 aromatic carbocycles. The zero-order valence-electron chi connectivity index (χ0n) is 12.9. The van der Waals surface area contributed by atoms with Gasteiger partial charge >= 0.3 is 6.09 Å². The molecular weight excluding hydrogens is 296 g/mol. The average molecular weight is 316 g/mol. The third kappa shape index (κ3) is 3.21. The van der Waals surface area contributed by atoms with Crippen LogP contribution in [0.25, 0.3) is 0 Å². The minimum Gasteiger partial charge on any atom is -0.445 e. The molecular formula is C17H20N2O4. The number of amides is 3. The van der Waals surface area contributed by atoms with Crippen LogP contribution in [0.3, 0.4) is 0 Å². The van der Waals surface area contributed by atoms with E-state index in [1.165, 1.54) is 4.90 Å². The maximum Gasteiger partial charge on any atom is 0.407 e. The summed E-state index contributed by atoms with van der Waals surface area (Å²) >= 11 is 0. The molecule has 0 atom stereocenters. The Morgan fingerprint density at radius 1 is 1.13 bits per heavy atom. The number of carbonyl (C=O) groups is 3. The van der Waals surface area contributed by atoms with Gasteiger partial charge in [0.05, 0.1) is 5.54 Å². The number of benzene rings is 1. The number of alkyl carbamates (subject to hydrolysis) is 1. The fourth-order valence-electron chi connectivity index (χ4n) is 3.45. The van der Waals surface area contributed by atoms with Crippen molar-refractivity contribution in [1.82, 2.24) is 10.2 Å². The molecule has 0 spiro atoms. The molecule has 6 heteroatoms. The van der Waals surface area contributed by atoms with E-state index in [4.69, 9.17) is 4.74 Å². The van der Waals surface area contributed by atoms with Gasteiger partial charge in [0.15, 0.2) is 0 Å². The molecule has 2 aliphatic rings. The number of rotatable bonds is 5. The summed E-state index contributed by atoms with van der Waals surface area (Å²) in [5, 5.41) is 2.71. The van der Waals surface area contributed by atoms with Crippen molar-refractivity contribution in [1.29, 1.82) is 0 Å². The summed E-state index contributed by atoms with van der Waals surface area (Å²) in [6.45, 7) is 0.617. The van der Waals surface area contributed by atoms with Crippen LogP contribution in [0.4, 0.5) is 4.79 Å². The van der Waals surface area contributed by atoms with Crippen molar-refractivity contribution in [3.05, 3.63) is 35.9 Å². The first kappa shape index (κ1) is 15.5. The van der Waals surface area contributed by atoms with E-state index in [9.17, 15) is 14.4 Å². The van der Waals surface area contributed by atoms with Gasteiger partial charge in [-0.05, 0) is 24.8 Å². The summed E-state index contributed by atoms with van der Waals surface area (Å²) in [4.78, 5) is 36.8. The molecule has 0 saturated carbocycles. The molecule has 2 aliphatic heterocycles. The van der Waals surface area contributed by atoms with Crippen LogP contribution in [0.1, 0.15) is 37.7 Å². The minimum atomic E-state index is -0.481. The SMILES string of the molecule is O=C(NCCC12CCC(=O)N1C(=O)CC2)OCc1ccccc1. The monoisotopic (exact) mass is 316 g/mol. The van der Waals surface area contributed by atoms with E-state index in [-0.39, 0.29) is 24.0 Å². The highest BCUT2D eigenvalue weighted by molar-refractivity contribution is 5.99. The Morgan fingerprint density at radius 3 is 2.43 bits per heavy atom. The fourth-order valence-corrected chi connectivity index (χ4v) is 3.45. The number of nitrogens with one attached hydrogen (secondary N) is 1.